The van der Waals surface area contributed by atoms with Gasteiger partial charge in [-0.05, 0) is 60.8 Å². The summed E-state index contributed by atoms with van der Waals surface area (Å²) < 4.78 is 13.8. The van der Waals surface area contributed by atoms with Gasteiger partial charge in [-0.2, -0.15) is 0 Å². The largest absolute Gasteiger partial charge is 0.489 e. The van der Waals surface area contributed by atoms with E-state index in [0.29, 0.717) is 6.61 Å². The Kier molecular flexibility index (Phi) is 3.75. The molecule has 1 aliphatic heterocycles. The maximum atomic E-state index is 5.70. The molecule has 1 fully saturated rings. The van der Waals surface area contributed by atoms with Crippen LogP contribution >= 0.6 is 47.8 Å². The molecule has 2 rings (SSSR count). The topological polar surface area (TPSA) is 21.8 Å². The minimum absolute atomic E-state index is 0.277. The molecule has 1 aromatic carbocycles. The molecule has 1 atom stereocenters. The molecule has 1 aromatic rings. The molecule has 0 bridgehead atoms. The average Bonchev–Trinajstić information content (AvgIpc) is 2.98. The molecule has 1 unspecified atom stereocenters. The van der Waals surface area contributed by atoms with E-state index in [1.807, 2.05) is 13.0 Å². The van der Waals surface area contributed by atoms with E-state index in [9.17, 15) is 0 Å². The molecule has 15 heavy (non-hydrogen) atoms. The predicted octanol–water partition coefficient (Wildman–Crippen LogP) is 4.06. The van der Waals surface area contributed by atoms with Crippen LogP contribution in [0.5, 0.6) is 5.75 Å². The summed E-state index contributed by atoms with van der Waals surface area (Å²) in [5.74, 6) is 0.876. The summed E-state index contributed by atoms with van der Waals surface area (Å²) in [6.07, 6.45) is 0.277. The maximum absolute atomic E-state index is 5.70. The Morgan fingerprint density at radius 1 is 1.40 bits per heavy atom. The van der Waals surface area contributed by atoms with Gasteiger partial charge in [0.05, 0.1) is 11.1 Å². The maximum Gasteiger partial charge on any atom is 0.137 e. The van der Waals surface area contributed by atoms with E-state index in [4.69, 9.17) is 9.47 Å². The van der Waals surface area contributed by atoms with Gasteiger partial charge in [-0.3, -0.25) is 0 Å². The SMILES string of the molecule is Cc1c(Br)c(Br)cc(Br)c1OCC1CO1. The van der Waals surface area contributed by atoms with Crippen molar-refractivity contribution in [2.24, 2.45) is 0 Å². The van der Waals surface area contributed by atoms with Gasteiger partial charge in [-0.15, -0.1) is 0 Å². The number of rotatable bonds is 3. The Bertz CT molecular complexity index is 389. The smallest absolute Gasteiger partial charge is 0.137 e. The van der Waals surface area contributed by atoms with Gasteiger partial charge >= 0.3 is 0 Å². The standard InChI is InChI=1S/C10H9Br3O2/c1-5-9(13)7(11)2-8(12)10(5)15-4-6-3-14-6/h2,6H,3-4H2,1H3. The first-order valence-electron chi connectivity index (χ1n) is 4.48. The van der Waals surface area contributed by atoms with Gasteiger partial charge in [-0.25, -0.2) is 0 Å². The zero-order chi connectivity index (χ0) is 11.0. The highest BCUT2D eigenvalue weighted by atomic mass is 79.9. The minimum Gasteiger partial charge on any atom is -0.489 e. The van der Waals surface area contributed by atoms with Crippen molar-refractivity contribution in [1.82, 2.24) is 0 Å². The summed E-state index contributed by atoms with van der Waals surface area (Å²) in [6.45, 7) is 3.45. The van der Waals surface area contributed by atoms with Crippen molar-refractivity contribution in [3.05, 3.63) is 25.0 Å². The third-order valence-electron chi connectivity index (χ3n) is 2.17. The summed E-state index contributed by atoms with van der Waals surface area (Å²) >= 11 is 10.5. The van der Waals surface area contributed by atoms with Gasteiger partial charge in [0.2, 0.25) is 0 Å². The molecule has 0 saturated carbocycles. The first kappa shape index (κ1) is 11.9. The van der Waals surface area contributed by atoms with Crippen LogP contribution in [0.3, 0.4) is 0 Å². The highest BCUT2D eigenvalue weighted by molar-refractivity contribution is 9.13. The number of ether oxygens (including phenoxy) is 2. The molecule has 2 nitrogen and oxygen atoms in total. The predicted molar refractivity (Wildman–Crippen MR) is 69.5 cm³/mol. The van der Waals surface area contributed by atoms with Crippen molar-refractivity contribution < 1.29 is 9.47 Å². The minimum atomic E-state index is 0.277. The zero-order valence-electron chi connectivity index (χ0n) is 8.02. The second-order valence-electron chi connectivity index (χ2n) is 3.37. The quantitative estimate of drug-likeness (QED) is 0.563. The molecule has 0 N–H and O–H groups in total. The van der Waals surface area contributed by atoms with Gasteiger partial charge in [0, 0.05) is 14.5 Å². The van der Waals surface area contributed by atoms with Crippen molar-refractivity contribution in [3.63, 3.8) is 0 Å². The van der Waals surface area contributed by atoms with Crippen molar-refractivity contribution in [2.45, 2.75) is 13.0 Å². The van der Waals surface area contributed by atoms with Crippen LogP contribution in [0.4, 0.5) is 0 Å². The van der Waals surface area contributed by atoms with Crippen LogP contribution in [0.2, 0.25) is 0 Å². The zero-order valence-corrected chi connectivity index (χ0v) is 12.8. The highest BCUT2D eigenvalue weighted by Gasteiger charge is 2.24. The molecular formula is C10H9Br3O2. The van der Waals surface area contributed by atoms with E-state index >= 15 is 0 Å². The lowest BCUT2D eigenvalue weighted by Gasteiger charge is -2.12. The van der Waals surface area contributed by atoms with Crippen LogP contribution in [0.25, 0.3) is 0 Å². The molecule has 1 aliphatic rings. The molecule has 1 saturated heterocycles. The second-order valence-corrected chi connectivity index (χ2v) is 5.88. The Labute approximate surface area is 114 Å². The fourth-order valence-corrected chi connectivity index (χ4v) is 2.98. The van der Waals surface area contributed by atoms with Gasteiger partial charge in [0.25, 0.3) is 0 Å². The van der Waals surface area contributed by atoms with Crippen molar-refractivity contribution in [1.29, 1.82) is 0 Å². The number of hydrogen-bond acceptors (Lipinski definition) is 2. The van der Waals surface area contributed by atoms with Gasteiger partial charge in [0.15, 0.2) is 0 Å². The van der Waals surface area contributed by atoms with Crippen LogP contribution < -0.4 is 4.74 Å². The number of halogens is 3. The first-order chi connectivity index (χ1) is 7.09. The van der Waals surface area contributed by atoms with Crippen LogP contribution in [0, 0.1) is 6.92 Å². The summed E-state index contributed by atoms with van der Waals surface area (Å²) in [7, 11) is 0. The van der Waals surface area contributed by atoms with Crippen LogP contribution in [0.15, 0.2) is 19.5 Å². The fraction of sp³-hybridized carbons (Fsp3) is 0.400. The first-order valence-corrected chi connectivity index (χ1v) is 6.86. The van der Waals surface area contributed by atoms with Crippen molar-refractivity contribution in [2.75, 3.05) is 13.2 Å². The summed E-state index contributed by atoms with van der Waals surface area (Å²) in [5.41, 5.74) is 1.08. The van der Waals surface area contributed by atoms with Gasteiger partial charge < -0.3 is 9.47 Å². The monoisotopic (exact) mass is 398 g/mol. The van der Waals surface area contributed by atoms with Gasteiger partial charge in [0.1, 0.15) is 18.5 Å². The van der Waals surface area contributed by atoms with Crippen LogP contribution in [0.1, 0.15) is 5.56 Å². The van der Waals surface area contributed by atoms with E-state index in [1.165, 1.54) is 0 Å². The van der Waals surface area contributed by atoms with E-state index in [1.54, 1.807) is 0 Å². The molecule has 0 radical (unpaired) electrons. The Morgan fingerprint density at radius 2 is 2.07 bits per heavy atom. The lowest BCUT2D eigenvalue weighted by Crippen LogP contribution is -2.06. The Hall–Kier alpha value is 0.420. The summed E-state index contributed by atoms with van der Waals surface area (Å²) in [6, 6.07) is 1.97. The lowest BCUT2D eigenvalue weighted by atomic mass is 10.2. The van der Waals surface area contributed by atoms with Gasteiger partial charge in [-0.1, -0.05) is 0 Å². The van der Waals surface area contributed by atoms with Crippen LogP contribution in [-0.4, -0.2) is 19.3 Å². The second kappa shape index (κ2) is 4.73. The van der Waals surface area contributed by atoms with E-state index in [-0.39, 0.29) is 6.10 Å². The number of epoxide rings is 1. The molecule has 82 valence electrons. The fourth-order valence-electron chi connectivity index (χ4n) is 1.22. The molecule has 1 heterocycles. The Morgan fingerprint density at radius 3 is 2.67 bits per heavy atom. The molecular weight excluding hydrogens is 392 g/mol. The third kappa shape index (κ3) is 2.75. The average molecular weight is 401 g/mol. The van der Waals surface area contributed by atoms with Crippen LogP contribution in [-0.2, 0) is 4.74 Å². The van der Waals surface area contributed by atoms with Crippen molar-refractivity contribution >= 4 is 47.8 Å². The molecule has 0 amide bonds. The van der Waals surface area contributed by atoms with E-state index < -0.39 is 0 Å². The normalized spacial score (nSPS) is 19.1. The molecule has 0 aromatic heterocycles. The number of hydrogen-bond donors (Lipinski definition) is 0. The van der Waals surface area contributed by atoms with E-state index in [2.05, 4.69) is 47.8 Å². The third-order valence-corrected chi connectivity index (χ3v) is 4.93. The molecule has 5 heteroatoms. The molecule has 0 aliphatic carbocycles. The Balaban J connectivity index is 2.23. The lowest BCUT2D eigenvalue weighted by molar-refractivity contribution is 0.260. The highest BCUT2D eigenvalue weighted by Crippen LogP contribution is 2.39. The van der Waals surface area contributed by atoms with Crippen molar-refractivity contribution in [3.8, 4) is 5.75 Å². The summed E-state index contributed by atoms with van der Waals surface area (Å²) in [4.78, 5) is 0. The number of benzene rings is 1. The summed E-state index contributed by atoms with van der Waals surface area (Å²) in [5, 5.41) is 0. The van der Waals surface area contributed by atoms with E-state index in [0.717, 1.165) is 31.3 Å². The molecule has 0 spiro atoms.